The zero-order chi connectivity index (χ0) is 92.5. The molecule has 0 fully saturated rings. The van der Waals surface area contributed by atoms with Gasteiger partial charge in [0.1, 0.15) is 104 Å². The van der Waals surface area contributed by atoms with Gasteiger partial charge in [-0.1, -0.05) is 21.6 Å². The zero-order valence-electron chi connectivity index (χ0n) is 65.6. The fourth-order valence-corrected chi connectivity index (χ4v) is 12.6. The van der Waals surface area contributed by atoms with E-state index in [1.54, 1.807) is 0 Å². The fourth-order valence-electron chi connectivity index (χ4n) is 10.6. The van der Waals surface area contributed by atoms with Crippen molar-refractivity contribution in [2.24, 2.45) is 0 Å². The molecule has 688 valence electrons. The Hall–Kier alpha value is -10.8. The van der Waals surface area contributed by atoms with Crippen molar-refractivity contribution in [1.29, 1.82) is 0 Å². The van der Waals surface area contributed by atoms with E-state index >= 15 is 0 Å². The van der Waals surface area contributed by atoms with Crippen LogP contribution in [0.4, 0.5) is 11.6 Å². The van der Waals surface area contributed by atoms with Crippen LogP contribution in [-0.4, -0.2) is 379 Å². The van der Waals surface area contributed by atoms with Crippen molar-refractivity contribution in [1.82, 2.24) is 73.1 Å². The van der Waals surface area contributed by atoms with Gasteiger partial charge >= 0.3 is 29.8 Å². The molecular formula is C69H104N16O36S2. The molecule has 123 heavy (non-hydrogen) atoms. The molecule has 0 spiro atoms. The molecule has 2 aromatic heterocycles. The van der Waals surface area contributed by atoms with Crippen molar-refractivity contribution in [3.63, 3.8) is 0 Å². The summed E-state index contributed by atoms with van der Waals surface area (Å²) in [5, 5.41) is 214. The van der Waals surface area contributed by atoms with Crippen LogP contribution >= 0.6 is 21.6 Å². The third-order valence-corrected chi connectivity index (χ3v) is 20.1. The molecule has 0 aliphatic carbocycles. The second-order valence-corrected chi connectivity index (χ2v) is 29.9. The lowest BCUT2D eigenvalue weighted by atomic mass is 10.0. The first-order chi connectivity index (χ1) is 57.9. The number of nitrogen functional groups attached to an aromatic ring is 1. The van der Waals surface area contributed by atoms with E-state index in [0.717, 1.165) is 28.5 Å². The molecule has 52 nitrogen and oxygen atoms in total. The van der Waals surface area contributed by atoms with Crippen molar-refractivity contribution in [2.75, 3.05) is 68.6 Å². The van der Waals surface area contributed by atoms with Crippen LogP contribution in [-0.2, 0) is 78.4 Å². The summed E-state index contributed by atoms with van der Waals surface area (Å²) in [5.41, 5.74) is 5.34. The Labute approximate surface area is 704 Å². The number of aliphatic carboxylic acids is 4. The number of carbonyl (C=O) groups is 15. The SMILES string of the molecule is CC(=O)OCCSSC[C@@H](NC(=O)[C@H](CCC(=O)NC[C@H](O)[C@@H](O)[C@H](O)[C@H](O)CO)NC(=O)[C@@H](CCC(=O)O)NC(=O)[C@H](CCC(=O)NC[C@H](O)[C@@H](O)[C@H](O)[C@H](O)CO)NC(=O)[C@@H](CCC(=O)O)NC(=O)[C@H](CCC(=O)NC[C@H](O)[C@@H](O)[C@H](O)[C@H](O)CO)NC(=O)CC[C@H](NC(=O)c1ccc(NCc2cnc3nc(N)[nH]c(=O)c3n2)cc1)C(=O)O)C(=O)O. The normalized spacial score (nSPS) is 16.0. The van der Waals surface area contributed by atoms with Crippen LogP contribution in [0.3, 0.4) is 0 Å². The van der Waals surface area contributed by atoms with E-state index in [0.29, 0.717) is 5.69 Å². The molecule has 0 aliphatic heterocycles. The third-order valence-electron chi connectivity index (χ3n) is 17.7. The summed E-state index contributed by atoms with van der Waals surface area (Å²) in [6, 6.07) is -9.18. The van der Waals surface area contributed by atoms with Gasteiger partial charge in [0, 0.05) is 87.8 Å². The number of nitrogens with zero attached hydrogens (tertiary/aromatic N) is 3. The van der Waals surface area contributed by atoms with Crippen molar-refractivity contribution in [3.8, 4) is 0 Å². The van der Waals surface area contributed by atoms with Crippen molar-refractivity contribution >= 4 is 133 Å². The topological polar surface area (TPSA) is 880 Å². The summed E-state index contributed by atoms with van der Waals surface area (Å²) in [6.07, 6.45) is -35.1. The number of esters is 1. The molecule has 2 heterocycles. The summed E-state index contributed by atoms with van der Waals surface area (Å²) in [7, 11) is 1.84. The maximum Gasteiger partial charge on any atom is 0.327 e. The number of fused-ring (bicyclic) bond motifs is 1. The van der Waals surface area contributed by atoms with E-state index in [1.165, 1.54) is 30.5 Å². The summed E-state index contributed by atoms with van der Waals surface area (Å²) >= 11 is 0. The van der Waals surface area contributed by atoms with Crippen LogP contribution < -0.4 is 69.8 Å². The smallest absolute Gasteiger partial charge is 0.327 e. The average Bonchev–Trinajstić information content (AvgIpc) is 0.810. The number of carboxylic acid groups (broad SMARTS) is 4. The minimum absolute atomic E-state index is 0.00323. The molecule has 0 aliphatic rings. The van der Waals surface area contributed by atoms with Gasteiger partial charge in [-0.15, -0.1) is 0 Å². The average molecular weight is 1800 g/mol. The molecule has 3 aromatic rings. The molecule has 10 amide bonds. The summed E-state index contributed by atoms with van der Waals surface area (Å²) in [5.74, 6) is -21.0. The summed E-state index contributed by atoms with van der Waals surface area (Å²) < 4.78 is 4.83. The molecule has 54 heteroatoms. The molecule has 3 rings (SSSR count). The number of ether oxygens (including phenoxy) is 1. The first kappa shape index (κ1) is 106. The number of amides is 10. The second kappa shape index (κ2) is 54.6. The Morgan fingerprint density at radius 2 is 0.805 bits per heavy atom. The molecule has 19 atom stereocenters. The van der Waals surface area contributed by atoms with Crippen LogP contribution in [0, 0.1) is 0 Å². The van der Waals surface area contributed by atoms with Crippen LogP contribution in [0.2, 0.25) is 0 Å². The second-order valence-electron chi connectivity index (χ2n) is 27.3. The molecule has 0 radical (unpaired) electrons. The Balaban J connectivity index is 2.09. The van der Waals surface area contributed by atoms with Gasteiger partial charge in [0.2, 0.25) is 59.1 Å². The Kier molecular flexibility index (Phi) is 47.3. The van der Waals surface area contributed by atoms with Crippen LogP contribution in [0.25, 0.3) is 11.2 Å². The standard InChI is InChI=1S/C69H104N16O36S2/c1-29(89)121-18-19-122-123-28-39(68(119)120)83-65(115)35(8-14-48(98)74-24-42(92)55(106)58(109)45(95)27-88)79-64(114)37(11-17-51(102)103)81-62(112)34(7-13-47(97)73-23-41(91)54(105)57(108)44(94)26-87)78-63(113)36(10-16-50(100)101)80-61(111)33(6-12-46(96)72-22-40(90)53(104)56(107)43(93)25-86)77-49(99)15-9-38(67(117)118)82-60(110)30-2-4-31(5-3-30)71-20-32-21-75-59-52(76-32)66(116)85-69(70)84-59/h2-5,21,33-45,53-58,71,86-88,90-95,104-109H,6-20,22-28H2,1H3,(H,72,96)(H,73,97)(H,74,98)(H,77,99)(H,78,113)(H,79,114)(H,80,111)(H,81,112)(H,82,110)(H,83,115)(H,100,101)(H,102,103)(H,117,118)(H,119,120)(H3,70,75,84,85,116)/t33-,34-,35-,36+,37+,38-,39+,40-,41-,42-,43+,44+,45+,53+,54+,55+,56+,57+,58+/m0/s1. The molecular weight excluding hydrogens is 1690 g/mol. The van der Waals surface area contributed by atoms with Crippen LogP contribution in [0.1, 0.15) is 100 Å². The lowest BCUT2D eigenvalue weighted by Crippen LogP contribution is -2.60. The molecule has 0 unspecified atom stereocenters. The van der Waals surface area contributed by atoms with Crippen LogP contribution in [0.15, 0.2) is 35.3 Å². The number of aliphatic hydroxyl groups excluding tert-OH is 15. The van der Waals surface area contributed by atoms with Gasteiger partial charge in [-0.3, -0.25) is 72.1 Å². The summed E-state index contributed by atoms with van der Waals surface area (Å²) in [4.78, 5) is 228. The van der Waals surface area contributed by atoms with E-state index in [4.69, 9.17) is 15.6 Å². The largest absolute Gasteiger partial charge is 0.481 e. The van der Waals surface area contributed by atoms with Crippen LogP contribution in [0.5, 0.6) is 0 Å². The highest BCUT2D eigenvalue weighted by molar-refractivity contribution is 8.76. The van der Waals surface area contributed by atoms with E-state index in [-0.39, 0.29) is 47.3 Å². The number of hydrogen-bond acceptors (Lipinski definition) is 39. The number of benzene rings is 1. The lowest BCUT2D eigenvalue weighted by Gasteiger charge is -2.28. The lowest BCUT2D eigenvalue weighted by molar-refractivity contribution is -0.142. The number of carbonyl (C=O) groups excluding carboxylic acids is 11. The number of hydrogen-bond donors (Lipinski definition) is 32. The van der Waals surface area contributed by atoms with Gasteiger partial charge in [-0.25, -0.2) is 19.6 Å². The minimum atomic E-state index is -2.27. The molecule has 1 aromatic carbocycles. The number of nitrogens with one attached hydrogen (secondary N) is 12. The zero-order valence-corrected chi connectivity index (χ0v) is 67.2. The van der Waals surface area contributed by atoms with E-state index < -0.39 is 332 Å². The van der Waals surface area contributed by atoms with E-state index in [2.05, 4.69) is 78.4 Å². The number of aliphatic hydroxyl groups is 15. The highest BCUT2D eigenvalue weighted by Crippen LogP contribution is 2.23. The van der Waals surface area contributed by atoms with Gasteiger partial charge in [0.25, 0.3) is 11.5 Å². The number of anilines is 2. The number of H-pyrrole nitrogens is 1. The van der Waals surface area contributed by atoms with E-state index in [9.17, 15) is 169 Å². The number of rotatable bonds is 60. The van der Waals surface area contributed by atoms with Crippen molar-refractivity contribution in [2.45, 2.75) is 206 Å². The number of aromatic amines is 1. The maximum absolute atomic E-state index is 14.8. The third kappa shape index (κ3) is 38.7. The van der Waals surface area contributed by atoms with Gasteiger partial charge in [0.15, 0.2) is 11.2 Å². The van der Waals surface area contributed by atoms with Gasteiger partial charge in [-0.2, -0.15) is 4.98 Å². The molecule has 0 bridgehead atoms. The Bertz CT molecular complexity index is 4090. The van der Waals surface area contributed by atoms with Gasteiger partial charge in [-0.05, 0) is 62.8 Å². The predicted octanol–water partition coefficient (Wildman–Crippen LogP) is -13.5. The molecule has 0 saturated heterocycles. The first-order valence-electron chi connectivity index (χ1n) is 37.5. The quantitative estimate of drug-likeness (QED) is 0.0142. The highest BCUT2D eigenvalue weighted by atomic mass is 33.1. The maximum atomic E-state index is 14.8. The number of carboxylic acids is 4. The number of nitrogens with two attached hydrogens (primary N) is 1. The first-order valence-corrected chi connectivity index (χ1v) is 39.9. The minimum Gasteiger partial charge on any atom is -0.481 e. The molecule has 33 N–H and O–H groups in total. The number of aromatic nitrogens is 4. The van der Waals surface area contributed by atoms with Crippen molar-refractivity contribution < 1.29 is 174 Å². The fraction of sp³-hybridized carbons (Fsp3) is 0.609. The molecule has 0 saturated carbocycles. The Morgan fingerprint density at radius 1 is 0.447 bits per heavy atom. The van der Waals surface area contributed by atoms with Gasteiger partial charge in [0.05, 0.1) is 56.6 Å². The van der Waals surface area contributed by atoms with Gasteiger partial charge < -0.3 is 166 Å². The van der Waals surface area contributed by atoms with Crippen molar-refractivity contribution in [3.05, 3.63) is 52.1 Å². The highest BCUT2D eigenvalue weighted by Gasteiger charge is 2.38. The summed E-state index contributed by atoms with van der Waals surface area (Å²) in [6.45, 7) is -5.03. The Morgan fingerprint density at radius 3 is 1.18 bits per heavy atom. The monoisotopic (exact) mass is 1800 g/mol. The predicted molar refractivity (Wildman–Crippen MR) is 419 cm³/mol. The van der Waals surface area contributed by atoms with E-state index in [1.807, 2.05) is 0 Å².